The lowest BCUT2D eigenvalue weighted by Crippen LogP contribution is -2.23. The molecular formula is C24H20ClN3O2S2. The minimum atomic E-state index is -0.147. The van der Waals surface area contributed by atoms with Gasteiger partial charge >= 0.3 is 0 Å². The van der Waals surface area contributed by atoms with Crippen molar-refractivity contribution < 1.29 is 4.79 Å². The fraction of sp³-hybridized carbons (Fsp3) is 0.208. The number of benzene rings is 2. The van der Waals surface area contributed by atoms with Crippen molar-refractivity contribution in [1.82, 2.24) is 9.55 Å². The molecule has 32 heavy (non-hydrogen) atoms. The second kappa shape index (κ2) is 8.73. The van der Waals surface area contributed by atoms with Gasteiger partial charge in [-0.1, -0.05) is 35.5 Å². The van der Waals surface area contributed by atoms with Gasteiger partial charge in [0.2, 0.25) is 5.91 Å². The molecule has 5 nitrogen and oxygen atoms in total. The number of nitrogens with zero attached hydrogens (tertiary/aromatic N) is 2. The first-order valence-corrected chi connectivity index (χ1v) is 12.5. The molecule has 0 bridgehead atoms. The minimum Gasteiger partial charge on any atom is -0.325 e. The van der Waals surface area contributed by atoms with E-state index in [9.17, 15) is 9.59 Å². The first-order chi connectivity index (χ1) is 15.5. The van der Waals surface area contributed by atoms with Gasteiger partial charge < -0.3 is 5.32 Å². The third kappa shape index (κ3) is 4.08. The number of aryl methyl sites for hydroxylation is 3. The third-order valence-corrected chi connectivity index (χ3v) is 7.80. The van der Waals surface area contributed by atoms with Gasteiger partial charge in [0.05, 0.1) is 16.8 Å². The number of thioether (sulfide) groups is 1. The molecule has 2 heterocycles. The number of hydrogen-bond donors (Lipinski definition) is 1. The summed E-state index contributed by atoms with van der Waals surface area (Å²) in [6.07, 6.45) is 2.99. The van der Waals surface area contributed by atoms with Gasteiger partial charge in [-0.05, 0) is 73.7 Å². The van der Waals surface area contributed by atoms with E-state index in [1.54, 1.807) is 40.2 Å². The van der Waals surface area contributed by atoms with Gasteiger partial charge in [0.15, 0.2) is 5.16 Å². The summed E-state index contributed by atoms with van der Waals surface area (Å²) in [4.78, 5) is 33.0. The Morgan fingerprint density at radius 2 is 2.03 bits per heavy atom. The Labute approximate surface area is 198 Å². The SMILES string of the molecule is Cc1cccc(NC(=O)CSc2nc3sc4c(c3c(=O)n2-c2ccc(Cl)cc2)CCC4)c1. The zero-order valence-electron chi connectivity index (χ0n) is 17.4. The van der Waals surface area contributed by atoms with Crippen LogP contribution >= 0.6 is 34.7 Å². The Hall–Kier alpha value is -2.61. The number of amides is 1. The maximum absolute atomic E-state index is 13.6. The Morgan fingerprint density at radius 3 is 2.81 bits per heavy atom. The van der Waals surface area contributed by atoms with Crippen LogP contribution < -0.4 is 10.9 Å². The summed E-state index contributed by atoms with van der Waals surface area (Å²) in [5.74, 6) is -0.00355. The van der Waals surface area contributed by atoms with E-state index in [4.69, 9.17) is 16.6 Å². The highest BCUT2D eigenvalue weighted by molar-refractivity contribution is 7.99. The maximum Gasteiger partial charge on any atom is 0.267 e. The molecule has 8 heteroatoms. The summed E-state index contributed by atoms with van der Waals surface area (Å²) in [5.41, 5.74) is 3.57. The van der Waals surface area contributed by atoms with Gasteiger partial charge in [0, 0.05) is 15.6 Å². The zero-order valence-corrected chi connectivity index (χ0v) is 19.7. The Balaban J connectivity index is 1.51. The molecule has 162 valence electrons. The van der Waals surface area contributed by atoms with Crippen LogP contribution in [0.4, 0.5) is 5.69 Å². The van der Waals surface area contributed by atoms with Crippen LogP contribution in [0.3, 0.4) is 0 Å². The van der Waals surface area contributed by atoms with E-state index in [0.717, 1.165) is 40.9 Å². The summed E-state index contributed by atoms with van der Waals surface area (Å²) < 4.78 is 1.61. The molecule has 0 radical (unpaired) electrons. The number of anilines is 1. The maximum atomic E-state index is 13.6. The Morgan fingerprint density at radius 1 is 1.22 bits per heavy atom. The molecule has 0 aliphatic heterocycles. The molecule has 0 fully saturated rings. The molecule has 0 atom stereocenters. The van der Waals surface area contributed by atoms with E-state index in [1.807, 2.05) is 31.2 Å². The number of nitrogens with one attached hydrogen (secondary N) is 1. The molecule has 0 saturated carbocycles. The average Bonchev–Trinajstić information content (AvgIpc) is 3.34. The first-order valence-electron chi connectivity index (χ1n) is 10.3. The summed E-state index contributed by atoms with van der Waals surface area (Å²) in [6, 6.07) is 14.8. The van der Waals surface area contributed by atoms with Crippen LogP contribution in [0.25, 0.3) is 15.9 Å². The van der Waals surface area contributed by atoms with Gasteiger partial charge in [-0.3, -0.25) is 14.2 Å². The molecule has 4 aromatic rings. The Bertz CT molecular complexity index is 1390. The van der Waals surface area contributed by atoms with Crippen LogP contribution in [0.2, 0.25) is 5.02 Å². The largest absolute Gasteiger partial charge is 0.325 e. The van der Waals surface area contributed by atoms with Crippen molar-refractivity contribution in [3.05, 3.63) is 79.9 Å². The lowest BCUT2D eigenvalue weighted by Gasteiger charge is -2.13. The number of aromatic nitrogens is 2. The molecule has 5 rings (SSSR count). The lowest BCUT2D eigenvalue weighted by molar-refractivity contribution is -0.113. The molecule has 0 spiro atoms. The number of halogens is 1. The third-order valence-electron chi connectivity index (χ3n) is 5.43. The summed E-state index contributed by atoms with van der Waals surface area (Å²) >= 11 is 8.93. The molecule has 1 N–H and O–H groups in total. The molecule has 1 aliphatic rings. The van der Waals surface area contributed by atoms with Crippen molar-refractivity contribution in [1.29, 1.82) is 0 Å². The number of fused-ring (bicyclic) bond motifs is 3. The van der Waals surface area contributed by atoms with Crippen LogP contribution in [-0.4, -0.2) is 21.2 Å². The van der Waals surface area contributed by atoms with Crippen molar-refractivity contribution >= 4 is 56.5 Å². The highest BCUT2D eigenvalue weighted by Gasteiger charge is 2.24. The molecule has 0 saturated heterocycles. The highest BCUT2D eigenvalue weighted by Crippen LogP contribution is 2.36. The van der Waals surface area contributed by atoms with Gasteiger partial charge in [0.25, 0.3) is 5.56 Å². The Kier molecular flexibility index (Phi) is 5.80. The fourth-order valence-corrected chi connectivity index (χ4v) is 6.23. The van der Waals surface area contributed by atoms with Crippen molar-refractivity contribution in [2.75, 3.05) is 11.1 Å². The number of thiophene rings is 1. The molecular weight excluding hydrogens is 462 g/mol. The van der Waals surface area contributed by atoms with Crippen LogP contribution in [0.1, 0.15) is 22.4 Å². The summed E-state index contributed by atoms with van der Waals surface area (Å²) in [6.45, 7) is 1.98. The molecule has 2 aromatic carbocycles. The molecule has 1 aliphatic carbocycles. The van der Waals surface area contributed by atoms with Crippen LogP contribution in [0.15, 0.2) is 58.5 Å². The van der Waals surface area contributed by atoms with Gasteiger partial charge in [-0.15, -0.1) is 11.3 Å². The average molecular weight is 482 g/mol. The molecule has 2 aromatic heterocycles. The first kappa shape index (κ1) is 21.2. The van der Waals surface area contributed by atoms with Crippen molar-refractivity contribution in [3.63, 3.8) is 0 Å². The van der Waals surface area contributed by atoms with Gasteiger partial charge in [-0.25, -0.2) is 4.98 Å². The van der Waals surface area contributed by atoms with Crippen LogP contribution in [0.5, 0.6) is 0 Å². The number of hydrogen-bond acceptors (Lipinski definition) is 5. The quantitative estimate of drug-likeness (QED) is 0.296. The number of carbonyl (C=O) groups is 1. The topological polar surface area (TPSA) is 64.0 Å². The van der Waals surface area contributed by atoms with Gasteiger partial charge in [-0.2, -0.15) is 0 Å². The van der Waals surface area contributed by atoms with E-state index < -0.39 is 0 Å². The highest BCUT2D eigenvalue weighted by atomic mass is 35.5. The number of rotatable bonds is 5. The standard InChI is InChI=1S/C24H20ClN3O2S2/c1-14-4-2-5-16(12-14)26-20(29)13-31-24-27-22-21(18-6-3-7-19(18)32-22)23(30)28(24)17-10-8-15(25)9-11-17/h2,4-5,8-12H,3,6-7,13H2,1H3,(H,26,29). The molecule has 0 unspecified atom stereocenters. The molecule has 1 amide bonds. The summed E-state index contributed by atoms with van der Waals surface area (Å²) in [7, 11) is 0. The normalized spacial score (nSPS) is 12.8. The van der Waals surface area contributed by atoms with E-state index in [-0.39, 0.29) is 17.2 Å². The monoisotopic (exact) mass is 481 g/mol. The second-order valence-electron chi connectivity index (χ2n) is 7.76. The zero-order chi connectivity index (χ0) is 22.2. The van der Waals surface area contributed by atoms with Crippen molar-refractivity contribution in [2.24, 2.45) is 0 Å². The fourth-order valence-electron chi connectivity index (χ4n) is 3.99. The van der Waals surface area contributed by atoms with E-state index in [1.165, 1.54) is 16.6 Å². The van der Waals surface area contributed by atoms with E-state index >= 15 is 0 Å². The van der Waals surface area contributed by atoms with Crippen molar-refractivity contribution in [2.45, 2.75) is 31.3 Å². The smallest absolute Gasteiger partial charge is 0.267 e. The van der Waals surface area contributed by atoms with Crippen molar-refractivity contribution in [3.8, 4) is 5.69 Å². The minimum absolute atomic E-state index is 0.0849. The predicted octanol–water partition coefficient (Wildman–Crippen LogP) is 5.63. The second-order valence-corrected chi connectivity index (χ2v) is 10.2. The van der Waals surface area contributed by atoms with Gasteiger partial charge in [0.1, 0.15) is 4.83 Å². The van der Waals surface area contributed by atoms with Crippen LogP contribution in [0, 0.1) is 6.92 Å². The summed E-state index contributed by atoms with van der Waals surface area (Å²) in [5, 5.41) is 4.73. The van der Waals surface area contributed by atoms with E-state index in [2.05, 4.69) is 5.32 Å². The van der Waals surface area contributed by atoms with Crippen LogP contribution in [-0.2, 0) is 17.6 Å². The lowest BCUT2D eigenvalue weighted by atomic mass is 10.2. The van der Waals surface area contributed by atoms with E-state index in [0.29, 0.717) is 21.3 Å². The predicted molar refractivity (Wildman–Crippen MR) is 133 cm³/mol. The number of carbonyl (C=O) groups excluding carboxylic acids is 1.